The highest BCUT2D eigenvalue weighted by Crippen LogP contribution is 2.30. The van der Waals surface area contributed by atoms with E-state index in [4.69, 9.17) is 22.0 Å². The van der Waals surface area contributed by atoms with Crippen LogP contribution in [0, 0.1) is 11.3 Å². The largest absolute Gasteiger partial charge is 0.384 e. The summed E-state index contributed by atoms with van der Waals surface area (Å²) >= 11 is 6.87. The van der Waals surface area contributed by atoms with Crippen LogP contribution in [-0.2, 0) is 0 Å². The van der Waals surface area contributed by atoms with E-state index in [1.165, 1.54) is 17.4 Å². The van der Waals surface area contributed by atoms with Crippen LogP contribution in [0.5, 0.6) is 0 Å². The van der Waals surface area contributed by atoms with Crippen molar-refractivity contribution in [1.29, 1.82) is 5.26 Å². The smallest absolute Gasteiger partial charge is 0.171 e. The van der Waals surface area contributed by atoms with Gasteiger partial charge in [-0.05, 0) is 11.4 Å². The lowest BCUT2D eigenvalue weighted by Gasteiger charge is -2.09. The van der Waals surface area contributed by atoms with Gasteiger partial charge in [-0.15, -0.1) is 11.3 Å². The number of hydrogen-bond acceptors (Lipinski definition) is 4. The Balaban J connectivity index is 2.86. The molecule has 1 aromatic heterocycles. The lowest BCUT2D eigenvalue weighted by molar-refractivity contribution is 0.0553. The number of thiophene rings is 1. The summed E-state index contributed by atoms with van der Waals surface area (Å²) in [5.74, 6) is 0. The summed E-state index contributed by atoms with van der Waals surface area (Å²) in [7, 11) is 0. The minimum atomic E-state index is -1.42. The van der Waals surface area contributed by atoms with Gasteiger partial charge in [-0.25, -0.2) is 0 Å². The Kier molecular flexibility index (Phi) is 3.06. The molecule has 2 unspecified atom stereocenters. The van der Waals surface area contributed by atoms with Crippen molar-refractivity contribution >= 4 is 22.9 Å². The second-order valence-electron chi connectivity index (χ2n) is 2.15. The molecule has 1 aromatic rings. The fraction of sp³-hybridized carbons (Fsp3) is 0.286. The highest BCUT2D eigenvalue weighted by molar-refractivity contribution is 7.10. The third-order valence-electron chi connectivity index (χ3n) is 1.34. The summed E-state index contributed by atoms with van der Waals surface area (Å²) in [5.41, 5.74) is 0. The van der Waals surface area contributed by atoms with Gasteiger partial charge in [0.05, 0.1) is 16.0 Å². The first-order valence-corrected chi connectivity index (χ1v) is 4.41. The minimum Gasteiger partial charge on any atom is -0.384 e. The number of rotatable bonds is 2. The Morgan fingerprint density at radius 3 is 2.67 bits per heavy atom. The van der Waals surface area contributed by atoms with Crippen molar-refractivity contribution in [2.24, 2.45) is 0 Å². The van der Waals surface area contributed by atoms with Crippen molar-refractivity contribution in [3.8, 4) is 6.07 Å². The molecule has 0 aliphatic heterocycles. The molecule has 0 saturated heterocycles. The van der Waals surface area contributed by atoms with Gasteiger partial charge in [0.25, 0.3) is 0 Å². The van der Waals surface area contributed by atoms with Crippen LogP contribution in [0.3, 0.4) is 0 Å². The molecule has 3 nitrogen and oxygen atoms in total. The number of hydrogen-bond donors (Lipinski definition) is 2. The Bertz CT molecular complexity index is 307. The van der Waals surface area contributed by atoms with E-state index in [0.717, 1.165) is 0 Å². The standard InChI is InChI=1S/C7H6ClNO2S/c8-4-1-2-12-7(4)6(11)5(10)3-9/h1-2,5-6,10-11H. The van der Waals surface area contributed by atoms with Crippen molar-refractivity contribution in [1.82, 2.24) is 0 Å². The van der Waals surface area contributed by atoms with Crippen LogP contribution in [0.1, 0.15) is 11.0 Å². The van der Waals surface area contributed by atoms with Crippen LogP contribution < -0.4 is 0 Å². The maximum Gasteiger partial charge on any atom is 0.171 e. The highest BCUT2D eigenvalue weighted by atomic mass is 35.5. The summed E-state index contributed by atoms with van der Waals surface area (Å²) in [5, 5.41) is 28.6. The molecule has 2 atom stereocenters. The lowest BCUT2D eigenvalue weighted by Crippen LogP contribution is -2.14. The van der Waals surface area contributed by atoms with Crippen molar-refractivity contribution in [3.05, 3.63) is 21.3 Å². The van der Waals surface area contributed by atoms with Crippen molar-refractivity contribution in [2.75, 3.05) is 0 Å². The van der Waals surface area contributed by atoms with E-state index in [9.17, 15) is 5.11 Å². The molecule has 2 N–H and O–H groups in total. The molecular formula is C7H6ClNO2S. The molecule has 0 amide bonds. The molecule has 0 aromatic carbocycles. The molecule has 12 heavy (non-hydrogen) atoms. The molecule has 1 rings (SSSR count). The molecule has 0 spiro atoms. The summed E-state index contributed by atoms with van der Waals surface area (Å²) in [6.07, 6.45) is -2.62. The van der Waals surface area contributed by atoms with Gasteiger partial charge in [0.15, 0.2) is 6.10 Å². The van der Waals surface area contributed by atoms with E-state index >= 15 is 0 Å². The molecule has 0 saturated carbocycles. The van der Waals surface area contributed by atoms with Crippen LogP contribution in [-0.4, -0.2) is 16.3 Å². The van der Waals surface area contributed by atoms with E-state index in [2.05, 4.69) is 0 Å². The van der Waals surface area contributed by atoms with Crippen LogP contribution in [0.15, 0.2) is 11.4 Å². The van der Waals surface area contributed by atoms with Gasteiger partial charge >= 0.3 is 0 Å². The molecule has 0 bridgehead atoms. The second-order valence-corrected chi connectivity index (χ2v) is 3.51. The van der Waals surface area contributed by atoms with Crippen LogP contribution >= 0.6 is 22.9 Å². The lowest BCUT2D eigenvalue weighted by atomic mass is 10.2. The van der Waals surface area contributed by atoms with E-state index in [0.29, 0.717) is 9.90 Å². The SMILES string of the molecule is N#CC(O)C(O)c1sccc1Cl. The maximum atomic E-state index is 9.31. The number of nitriles is 1. The van der Waals surface area contributed by atoms with E-state index in [-0.39, 0.29) is 0 Å². The zero-order valence-corrected chi connectivity index (χ0v) is 7.51. The predicted octanol–water partition coefficient (Wildman–Crippen LogP) is 1.32. The fourth-order valence-corrected chi connectivity index (χ4v) is 1.91. The first-order valence-electron chi connectivity index (χ1n) is 3.15. The Morgan fingerprint density at radius 1 is 1.58 bits per heavy atom. The summed E-state index contributed by atoms with van der Waals surface area (Å²) in [6, 6.07) is 3.14. The molecule has 0 aliphatic carbocycles. The van der Waals surface area contributed by atoms with E-state index < -0.39 is 12.2 Å². The number of nitrogens with zero attached hydrogens (tertiary/aromatic N) is 1. The third kappa shape index (κ3) is 1.76. The van der Waals surface area contributed by atoms with Gasteiger partial charge < -0.3 is 10.2 Å². The van der Waals surface area contributed by atoms with Gasteiger partial charge in [0, 0.05) is 0 Å². The molecule has 0 fully saturated rings. The third-order valence-corrected chi connectivity index (χ3v) is 2.77. The second kappa shape index (κ2) is 3.87. The van der Waals surface area contributed by atoms with E-state index in [1.807, 2.05) is 0 Å². The minimum absolute atomic E-state index is 0.377. The maximum absolute atomic E-state index is 9.31. The Hall–Kier alpha value is -0.600. The molecular weight excluding hydrogens is 198 g/mol. The quantitative estimate of drug-likeness (QED) is 0.713. The molecule has 1 heterocycles. The molecule has 5 heteroatoms. The molecule has 0 radical (unpaired) electrons. The molecule has 64 valence electrons. The first-order chi connectivity index (χ1) is 5.66. The fourth-order valence-electron chi connectivity index (χ4n) is 0.730. The summed E-state index contributed by atoms with van der Waals surface area (Å²) in [4.78, 5) is 0.422. The highest BCUT2D eigenvalue weighted by Gasteiger charge is 2.21. The average Bonchev–Trinajstić information content (AvgIpc) is 2.48. The van der Waals surface area contributed by atoms with Crippen molar-refractivity contribution in [2.45, 2.75) is 12.2 Å². The predicted molar refractivity (Wildman–Crippen MR) is 45.9 cm³/mol. The summed E-state index contributed by atoms with van der Waals surface area (Å²) in [6.45, 7) is 0. The van der Waals surface area contributed by atoms with Gasteiger partial charge in [-0.1, -0.05) is 11.6 Å². The van der Waals surface area contributed by atoms with Crippen LogP contribution in [0.25, 0.3) is 0 Å². The average molecular weight is 204 g/mol. The topological polar surface area (TPSA) is 64.2 Å². The van der Waals surface area contributed by atoms with Crippen LogP contribution in [0.4, 0.5) is 0 Å². The van der Waals surface area contributed by atoms with Gasteiger partial charge in [0.2, 0.25) is 0 Å². The number of halogens is 1. The van der Waals surface area contributed by atoms with E-state index in [1.54, 1.807) is 11.4 Å². The van der Waals surface area contributed by atoms with Crippen LogP contribution in [0.2, 0.25) is 5.02 Å². The Morgan fingerprint density at radius 2 is 2.25 bits per heavy atom. The Labute approximate surface area is 78.5 Å². The zero-order chi connectivity index (χ0) is 9.14. The first kappa shape index (κ1) is 9.49. The van der Waals surface area contributed by atoms with Gasteiger partial charge in [-0.3, -0.25) is 0 Å². The van der Waals surface area contributed by atoms with Gasteiger partial charge in [0.1, 0.15) is 6.10 Å². The van der Waals surface area contributed by atoms with Gasteiger partial charge in [-0.2, -0.15) is 5.26 Å². The molecule has 0 aliphatic rings. The summed E-state index contributed by atoms with van der Waals surface area (Å²) < 4.78 is 0. The zero-order valence-electron chi connectivity index (χ0n) is 5.94. The number of aliphatic hydroxyl groups is 2. The van der Waals surface area contributed by atoms with Crippen molar-refractivity contribution < 1.29 is 10.2 Å². The monoisotopic (exact) mass is 203 g/mol. The number of aliphatic hydroxyl groups excluding tert-OH is 2. The van der Waals surface area contributed by atoms with Crippen molar-refractivity contribution in [3.63, 3.8) is 0 Å². The normalized spacial score (nSPS) is 15.2.